The van der Waals surface area contributed by atoms with Crippen LogP contribution in [0.3, 0.4) is 0 Å². The Morgan fingerprint density at radius 2 is 1.77 bits per heavy atom. The van der Waals surface area contributed by atoms with E-state index in [-0.39, 0.29) is 24.4 Å². The van der Waals surface area contributed by atoms with E-state index in [2.05, 4.69) is 68.5 Å². The summed E-state index contributed by atoms with van der Waals surface area (Å²) in [5, 5.41) is 4.23. The second-order valence-electron chi connectivity index (χ2n) is 9.42. The van der Waals surface area contributed by atoms with E-state index < -0.39 is 0 Å². The molecule has 0 saturated heterocycles. The van der Waals surface area contributed by atoms with Gasteiger partial charge in [0.1, 0.15) is 6.61 Å². The molecule has 3 aromatic rings. The average Bonchev–Trinajstić information content (AvgIpc) is 3.21. The van der Waals surface area contributed by atoms with Crippen LogP contribution >= 0.6 is 0 Å². The van der Waals surface area contributed by atoms with Crippen LogP contribution in [-0.2, 0) is 22.6 Å². The maximum Gasteiger partial charge on any atom is 0.309 e. The topological polar surface area (TPSA) is 44.8 Å². The summed E-state index contributed by atoms with van der Waals surface area (Å²) in [6.45, 7) is 11.8. The van der Waals surface area contributed by atoms with Crippen LogP contribution in [0.25, 0.3) is 0 Å². The van der Waals surface area contributed by atoms with Gasteiger partial charge in [0.25, 0.3) is 0 Å². The van der Waals surface area contributed by atoms with Crippen LogP contribution < -0.4 is 10.4 Å². The van der Waals surface area contributed by atoms with Crippen LogP contribution in [0.2, 0.25) is 0 Å². The Labute approximate surface area is 209 Å². The molecule has 0 unspecified atom stereocenters. The number of rotatable bonds is 8. The van der Waals surface area contributed by atoms with E-state index in [0.717, 1.165) is 46.6 Å². The fraction of sp³-hybridized carbons (Fsp3) is 0.367. The zero-order valence-electron chi connectivity index (χ0n) is 21.8. The smallest absolute Gasteiger partial charge is 0.309 e. The molecule has 5 nitrogen and oxygen atoms in total. The van der Waals surface area contributed by atoms with Gasteiger partial charge in [-0.05, 0) is 66.6 Å². The van der Waals surface area contributed by atoms with Gasteiger partial charge in [-0.15, -0.1) is 5.12 Å². The fourth-order valence-corrected chi connectivity index (χ4v) is 5.17. The summed E-state index contributed by atoms with van der Waals surface area (Å²) >= 11 is 0. The lowest BCUT2D eigenvalue weighted by molar-refractivity contribution is -0.149. The monoisotopic (exact) mass is 471 g/mol. The summed E-state index contributed by atoms with van der Waals surface area (Å²) in [4.78, 5) is 13.4. The first kappa shape index (κ1) is 24.8. The van der Waals surface area contributed by atoms with Crippen LogP contribution in [0, 0.1) is 19.8 Å². The summed E-state index contributed by atoms with van der Waals surface area (Å²) in [6.07, 6.45) is 0.959. The third-order valence-electron chi connectivity index (χ3n) is 7.24. The van der Waals surface area contributed by atoms with Crippen molar-refractivity contribution in [2.45, 2.75) is 53.6 Å². The predicted molar refractivity (Wildman–Crippen MR) is 143 cm³/mol. The van der Waals surface area contributed by atoms with Gasteiger partial charge in [-0.25, -0.2) is 0 Å². The highest BCUT2D eigenvalue weighted by Crippen LogP contribution is 2.43. The van der Waals surface area contributed by atoms with Gasteiger partial charge in [0.2, 0.25) is 0 Å². The van der Waals surface area contributed by atoms with Crippen molar-refractivity contribution in [3.05, 3.63) is 94.0 Å². The second-order valence-corrected chi connectivity index (χ2v) is 9.42. The number of anilines is 2. The van der Waals surface area contributed by atoms with E-state index in [1.165, 1.54) is 11.1 Å². The molecule has 0 radical (unpaired) electrons. The zero-order chi connectivity index (χ0) is 25.1. The van der Waals surface area contributed by atoms with Crippen LogP contribution in [0.5, 0.6) is 0 Å². The molecular weight excluding hydrogens is 434 g/mol. The number of aryl methyl sites for hydroxylation is 2. The van der Waals surface area contributed by atoms with Crippen molar-refractivity contribution in [3.8, 4) is 0 Å². The van der Waals surface area contributed by atoms with E-state index in [4.69, 9.17) is 4.74 Å². The number of fused-ring (bicyclic) bond motifs is 1. The highest BCUT2D eigenvalue weighted by atomic mass is 16.5. The molecule has 1 aliphatic rings. The maximum atomic E-state index is 13.4. The number of esters is 1. The van der Waals surface area contributed by atoms with E-state index >= 15 is 0 Å². The Morgan fingerprint density at radius 1 is 1.03 bits per heavy atom. The quantitative estimate of drug-likeness (QED) is 0.386. The van der Waals surface area contributed by atoms with Crippen molar-refractivity contribution in [1.82, 2.24) is 5.12 Å². The van der Waals surface area contributed by atoms with Gasteiger partial charge in [-0.3, -0.25) is 15.2 Å². The molecule has 1 aliphatic heterocycles. The number of benzene rings is 3. The van der Waals surface area contributed by atoms with Gasteiger partial charge in [0, 0.05) is 19.5 Å². The van der Waals surface area contributed by atoms with E-state index in [1.807, 2.05) is 49.4 Å². The van der Waals surface area contributed by atoms with Crippen molar-refractivity contribution in [3.63, 3.8) is 0 Å². The summed E-state index contributed by atoms with van der Waals surface area (Å²) in [5.41, 5.74) is 12.8. The van der Waals surface area contributed by atoms with Gasteiger partial charge in [0.05, 0.1) is 17.3 Å². The van der Waals surface area contributed by atoms with Crippen molar-refractivity contribution in [2.24, 2.45) is 5.92 Å². The average molecular weight is 472 g/mol. The van der Waals surface area contributed by atoms with Crippen LogP contribution in [0.1, 0.15) is 60.1 Å². The molecule has 0 aliphatic carbocycles. The van der Waals surface area contributed by atoms with Crippen LogP contribution in [0.4, 0.5) is 11.4 Å². The molecule has 0 spiro atoms. The number of nitrogens with one attached hydrogen (secondary N) is 1. The molecule has 1 heterocycles. The third kappa shape index (κ3) is 4.92. The maximum absolute atomic E-state index is 13.4. The van der Waals surface area contributed by atoms with Gasteiger partial charge in [0.15, 0.2) is 0 Å². The number of carbonyl (C=O) groups is 1. The van der Waals surface area contributed by atoms with Gasteiger partial charge >= 0.3 is 5.97 Å². The lowest BCUT2D eigenvalue weighted by Crippen LogP contribution is -2.37. The van der Waals surface area contributed by atoms with Crippen molar-refractivity contribution < 1.29 is 9.53 Å². The minimum Gasteiger partial charge on any atom is -0.461 e. The molecule has 0 aromatic heterocycles. The highest BCUT2D eigenvalue weighted by Gasteiger charge is 2.33. The minimum atomic E-state index is -0.343. The molecule has 1 N–H and O–H groups in total. The molecular formula is C30H37N3O2. The number of carbonyl (C=O) groups excluding carboxylic acids is 1. The van der Waals surface area contributed by atoms with Crippen LogP contribution in [0.15, 0.2) is 60.7 Å². The number of ether oxygens (including phenoxy) is 1. The first-order valence-corrected chi connectivity index (χ1v) is 12.6. The molecule has 5 heteroatoms. The molecule has 35 heavy (non-hydrogen) atoms. The molecule has 0 bridgehead atoms. The SMILES string of the molecule is CCc1cc([C@H](c2ccc3c(c2C)NN(C)N3CC)[C@H](C)C(=O)OCc2ccccc2)ccc1C. The van der Waals surface area contributed by atoms with E-state index in [0.29, 0.717) is 0 Å². The molecule has 2 atom stereocenters. The molecule has 0 amide bonds. The Balaban J connectivity index is 1.73. The summed E-state index contributed by atoms with van der Waals surface area (Å²) < 4.78 is 5.81. The van der Waals surface area contributed by atoms with E-state index in [9.17, 15) is 4.79 Å². The fourth-order valence-electron chi connectivity index (χ4n) is 5.17. The standard InChI is InChI=1S/C30H37N3O2/c1-7-24-18-25(15-14-20(24)3)28(22(5)30(34)35-19-23-12-10-9-11-13-23)26-16-17-27-29(21(26)4)31-32(6)33(27)8-2/h9-18,22,28,31H,7-8,19H2,1-6H3/t22-,28+/m0/s1. The van der Waals surface area contributed by atoms with Crippen molar-refractivity contribution in [2.75, 3.05) is 24.0 Å². The summed E-state index contributed by atoms with van der Waals surface area (Å²) in [6, 6.07) is 20.8. The Morgan fingerprint density at radius 3 is 2.46 bits per heavy atom. The highest BCUT2D eigenvalue weighted by molar-refractivity contribution is 5.80. The number of hydrogen-bond donors (Lipinski definition) is 1. The van der Waals surface area contributed by atoms with Crippen molar-refractivity contribution >= 4 is 17.3 Å². The lowest BCUT2D eigenvalue weighted by Gasteiger charge is -2.27. The second kappa shape index (κ2) is 10.5. The summed E-state index contributed by atoms with van der Waals surface area (Å²) in [7, 11) is 2.02. The van der Waals surface area contributed by atoms with Crippen molar-refractivity contribution in [1.29, 1.82) is 0 Å². The Hall–Kier alpha value is -3.31. The molecule has 184 valence electrons. The normalized spacial score (nSPS) is 14.9. The largest absolute Gasteiger partial charge is 0.461 e. The molecule has 4 rings (SSSR count). The molecule has 0 saturated carbocycles. The molecule has 3 aromatic carbocycles. The minimum absolute atomic E-state index is 0.114. The summed E-state index contributed by atoms with van der Waals surface area (Å²) in [5.74, 6) is -0.640. The Kier molecular flexibility index (Phi) is 7.46. The third-order valence-corrected chi connectivity index (χ3v) is 7.24. The number of hydrazine groups is 2. The lowest BCUT2D eigenvalue weighted by atomic mass is 9.78. The van der Waals surface area contributed by atoms with Gasteiger partial charge in [-0.2, -0.15) is 0 Å². The van der Waals surface area contributed by atoms with Crippen LogP contribution in [-0.4, -0.2) is 24.7 Å². The van der Waals surface area contributed by atoms with Gasteiger partial charge in [-0.1, -0.05) is 68.4 Å². The number of nitrogens with zero attached hydrogens (tertiary/aromatic N) is 2. The first-order chi connectivity index (χ1) is 16.8. The predicted octanol–water partition coefficient (Wildman–Crippen LogP) is 6.39. The van der Waals surface area contributed by atoms with E-state index in [1.54, 1.807) is 0 Å². The van der Waals surface area contributed by atoms with Gasteiger partial charge < -0.3 is 4.74 Å². The Bertz CT molecular complexity index is 1190. The zero-order valence-corrected chi connectivity index (χ0v) is 21.8. The number of hydrogen-bond acceptors (Lipinski definition) is 5. The first-order valence-electron chi connectivity index (χ1n) is 12.6. The molecule has 0 fully saturated rings.